The highest BCUT2D eigenvalue weighted by molar-refractivity contribution is 6.30. The predicted molar refractivity (Wildman–Crippen MR) is 140 cm³/mol. The Hall–Kier alpha value is -4.11. The van der Waals surface area contributed by atoms with Crippen molar-refractivity contribution in [1.29, 1.82) is 0 Å². The zero-order valence-electron chi connectivity index (χ0n) is 19.6. The molecule has 0 aliphatic heterocycles. The van der Waals surface area contributed by atoms with Crippen LogP contribution in [0.5, 0.6) is 5.75 Å². The number of carbonyl (C=O) groups is 1. The molecule has 0 radical (unpaired) electrons. The van der Waals surface area contributed by atoms with Gasteiger partial charge in [-0.05, 0) is 68.3 Å². The summed E-state index contributed by atoms with van der Waals surface area (Å²) >= 11 is 5.92. The minimum atomic E-state index is -0.456. The normalized spacial score (nSPS) is 11.4. The van der Waals surface area contributed by atoms with E-state index in [1.807, 2.05) is 44.3 Å². The quantitative estimate of drug-likeness (QED) is 0.222. The zero-order valence-corrected chi connectivity index (χ0v) is 20.4. The van der Waals surface area contributed by atoms with Gasteiger partial charge in [-0.2, -0.15) is 0 Å². The molecule has 0 saturated carbocycles. The molecule has 0 aliphatic rings. The van der Waals surface area contributed by atoms with Crippen LogP contribution in [0.15, 0.2) is 59.7 Å². The van der Waals surface area contributed by atoms with Gasteiger partial charge in [0.05, 0.1) is 7.11 Å². The summed E-state index contributed by atoms with van der Waals surface area (Å²) in [5.41, 5.74) is 4.31. The molecule has 4 aromatic rings. The van der Waals surface area contributed by atoms with Gasteiger partial charge in [0.1, 0.15) is 5.75 Å². The first-order chi connectivity index (χ1) is 16.9. The number of nitrogens with zero attached hydrogens (tertiary/aromatic N) is 3. The second-order valence-corrected chi connectivity index (χ2v) is 8.33. The van der Waals surface area contributed by atoms with Crippen LogP contribution in [0, 0.1) is 13.8 Å². The first-order valence-electron chi connectivity index (χ1n) is 11.0. The zero-order chi connectivity index (χ0) is 24.8. The van der Waals surface area contributed by atoms with Crippen molar-refractivity contribution in [3.05, 3.63) is 76.7 Å². The number of urea groups is 1. The van der Waals surface area contributed by atoms with Crippen LogP contribution in [0.3, 0.4) is 0 Å². The van der Waals surface area contributed by atoms with Crippen LogP contribution in [0.2, 0.25) is 5.02 Å². The third kappa shape index (κ3) is 6.48. The first kappa shape index (κ1) is 24.0. The van der Waals surface area contributed by atoms with Crippen LogP contribution in [-0.4, -0.2) is 40.6 Å². The number of anilines is 2. The van der Waals surface area contributed by atoms with Gasteiger partial charge in [-0.3, -0.25) is 15.6 Å². The molecule has 2 aromatic carbocycles. The van der Waals surface area contributed by atoms with Crippen LogP contribution in [0.1, 0.15) is 17.0 Å². The minimum Gasteiger partial charge on any atom is -0.497 e. The van der Waals surface area contributed by atoms with E-state index in [4.69, 9.17) is 16.3 Å². The van der Waals surface area contributed by atoms with E-state index >= 15 is 0 Å². The van der Waals surface area contributed by atoms with E-state index in [0.29, 0.717) is 29.6 Å². The molecule has 0 saturated heterocycles. The van der Waals surface area contributed by atoms with Crippen LogP contribution in [-0.2, 0) is 6.42 Å². The summed E-state index contributed by atoms with van der Waals surface area (Å²) in [6.07, 6.45) is 2.62. The maximum atomic E-state index is 12.6. The number of nitrogens with one attached hydrogen (secondary N) is 4. The van der Waals surface area contributed by atoms with Gasteiger partial charge in [0, 0.05) is 51.8 Å². The third-order valence-corrected chi connectivity index (χ3v) is 5.42. The topological polar surface area (TPSA) is 116 Å². The van der Waals surface area contributed by atoms with Gasteiger partial charge < -0.3 is 15.0 Å². The largest absolute Gasteiger partial charge is 0.497 e. The average Bonchev–Trinajstić information content (AvgIpc) is 3.22. The molecule has 0 unspecified atom stereocenters. The molecule has 0 atom stereocenters. The number of carbonyl (C=O) groups excluding carboxylic acids is 1. The SMILES string of the molecule is COc1ccc2c(CCN=C(NC(=O)Nc3ccc(Cl)cc3)Nc3nc(C)cc(C)n3)c[nH]c2c1. The summed E-state index contributed by atoms with van der Waals surface area (Å²) < 4.78 is 5.29. The lowest BCUT2D eigenvalue weighted by Crippen LogP contribution is -2.39. The number of amides is 2. The van der Waals surface area contributed by atoms with Gasteiger partial charge in [-0.1, -0.05) is 11.6 Å². The van der Waals surface area contributed by atoms with Gasteiger partial charge in [0.25, 0.3) is 0 Å². The molecule has 2 heterocycles. The number of benzene rings is 2. The van der Waals surface area contributed by atoms with Crippen molar-refractivity contribution in [2.75, 3.05) is 24.3 Å². The molecule has 4 N–H and O–H groups in total. The van der Waals surface area contributed by atoms with E-state index in [1.165, 1.54) is 0 Å². The number of aryl methyl sites for hydroxylation is 2. The maximum absolute atomic E-state index is 12.6. The maximum Gasteiger partial charge on any atom is 0.326 e. The second-order valence-electron chi connectivity index (χ2n) is 7.89. The van der Waals surface area contributed by atoms with Crippen molar-refractivity contribution in [2.24, 2.45) is 4.99 Å². The van der Waals surface area contributed by atoms with E-state index < -0.39 is 6.03 Å². The van der Waals surface area contributed by atoms with Crippen molar-refractivity contribution in [2.45, 2.75) is 20.3 Å². The number of H-pyrrole nitrogens is 1. The molecule has 2 aromatic heterocycles. The summed E-state index contributed by atoms with van der Waals surface area (Å²) in [6, 6.07) is 14.1. The Labute approximate surface area is 208 Å². The molecule has 180 valence electrons. The van der Waals surface area contributed by atoms with E-state index in [0.717, 1.165) is 33.6 Å². The smallest absolute Gasteiger partial charge is 0.326 e. The number of aromatic amines is 1. The minimum absolute atomic E-state index is 0.239. The number of hydrogen-bond donors (Lipinski definition) is 4. The molecule has 0 aliphatic carbocycles. The van der Waals surface area contributed by atoms with Gasteiger partial charge in [0.15, 0.2) is 0 Å². The molecule has 4 rings (SSSR count). The van der Waals surface area contributed by atoms with Crippen LogP contribution >= 0.6 is 11.6 Å². The molecule has 0 spiro atoms. The van der Waals surface area contributed by atoms with Gasteiger partial charge >= 0.3 is 6.03 Å². The van der Waals surface area contributed by atoms with Crippen LogP contribution < -0.4 is 20.7 Å². The number of ether oxygens (including phenoxy) is 1. The second kappa shape index (κ2) is 10.9. The van der Waals surface area contributed by atoms with Crippen LogP contribution in [0.4, 0.5) is 16.4 Å². The number of aliphatic imine (C=N–C) groups is 1. The standard InChI is InChI=1S/C25H26ClN7O2/c1-15-12-16(2)30-24(29-15)32-23(33-25(34)31-19-6-4-18(26)5-7-19)27-11-10-17-14-28-22-13-20(35-3)8-9-21(17)22/h4-9,12-14,28H,10-11H2,1-3H3,(H3,27,29,30,31,32,33,34). The number of methoxy groups -OCH3 is 1. The Balaban J connectivity index is 1.49. The number of guanidine groups is 1. The molecule has 0 bridgehead atoms. The monoisotopic (exact) mass is 491 g/mol. The van der Waals surface area contributed by atoms with E-state index in [9.17, 15) is 4.79 Å². The number of hydrogen-bond acceptors (Lipinski definition) is 5. The molecular weight excluding hydrogens is 466 g/mol. The summed E-state index contributed by atoms with van der Waals surface area (Å²) in [5, 5.41) is 10.2. The highest BCUT2D eigenvalue weighted by Gasteiger charge is 2.10. The molecule has 9 nitrogen and oxygen atoms in total. The highest BCUT2D eigenvalue weighted by atomic mass is 35.5. The van der Waals surface area contributed by atoms with Crippen LogP contribution in [0.25, 0.3) is 10.9 Å². The fourth-order valence-corrected chi connectivity index (χ4v) is 3.71. The summed E-state index contributed by atoms with van der Waals surface area (Å²) in [4.78, 5) is 29.2. The Morgan fingerprint density at radius 3 is 2.51 bits per heavy atom. The third-order valence-electron chi connectivity index (χ3n) is 5.17. The summed E-state index contributed by atoms with van der Waals surface area (Å²) in [7, 11) is 1.64. The van der Waals surface area contributed by atoms with E-state index in [1.54, 1.807) is 31.4 Å². The predicted octanol–water partition coefficient (Wildman–Crippen LogP) is 5.07. The summed E-state index contributed by atoms with van der Waals surface area (Å²) in [6.45, 7) is 4.18. The molecule has 10 heteroatoms. The van der Waals surface area contributed by atoms with Crippen molar-refractivity contribution >= 4 is 46.1 Å². The van der Waals surface area contributed by atoms with E-state index in [2.05, 4.69) is 35.9 Å². The number of aromatic nitrogens is 3. The fourth-order valence-electron chi connectivity index (χ4n) is 3.59. The van der Waals surface area contributed by atoms with Crippen molar-refractivity contribution in [3.63, 3.8) is 0 Å². The molecule has 35 heavy (non-hydrogen) atoms. The Morgan fingerprint density at radius 2 is 1.80 bits per heavy atom. The highest BCUT2D eigenvalue weighted by Crippen LogP contribution is 2.23. The van der Waals surface area contributed by atoms with Gasteiger partial charge in [-0.15, -0.1) is 0 Å². The number of rotatable bonds is 6. The first-order valence-corrected chi connectivity index (χ1v) is 11.4. The van der Waals surface area contributed by atoms with Crippen molar-refractivity contribution in [3.8, 4) is 5.75 Å². The molecule has 2 amide bonds. The Kier molecular flexibility index (Phi) is 7.47. The lowest BCUT2D eigenvalue weighted by molar-refractivity contribution is 0.256. The summed E-state index contributed by atoms with van der Waals surface area (Å²) in [5.74, 6) is 1.38. The van der Waals surface area contributed by atoms with Crippen molar-refractivity contribution < 1.29 is 9.53 Å². The Morgan fingerprint density at radius 1 is 1.06 bits per heavy atom. The average molecular weight is 492 g/mol. The number of halogens is 1. The van der Waals surface area contributed by atoms with Gasteiger partial charge in [-0.25, -0.2) is 14.8 Å². The Bertz CT molecular complexity index is 1350. The fraction of sp³-hybridized carbons (Fsp3) is 0.200. The van der Waals surface area contributed by atoms with Gasteiger partial charge in [0.2, 0.25) is 11.9 Å². The van der Waals surface area contributed by atoms with Crippen molar-refractivity contribution in [1.82, 2.24) is 20.3 Å². The van der Waals surface area contributed by atoms with E-state index in [-0.39, 0.29) is 5.96 Å². The number of fused-ring (bicyclic) bond motifs is 1. The molecule has 0 fully saturated rings. The lowest BCUT2D eigenvalue weighted by Gasteiger charge is -2.12. The lowest BCUT2D eigenvalue weighted by atomic mass is 10.1. The molecular formula is C25H26ClN7O2.